The Morgan fingerprint density at radius 2 is 1.68 bits per heavy atom. The lowest BCUT2D eigenvalue weighted by Crippen LogP contribution is -2.79. The predicted octanol–water partition coefficient (Wildman–Crippen LogP) is 11.7. The van der Waals surface area contributed by atoms with E-state index in [0.717, 1.165) is 127 Å². The number of hydrogen-bond acceptors (Lipinski definition) is 12. The van der Waals surface area contributed by atoms with Crippen LogP contribution < -0.4 is 10.1 Å². The molecule has 8 N–H and O–H groups in total. The first-order chi connectivity index (χ1) is 44.3. The van der Waals surface area contributed by atoms with Gasteiger partial charge in [0, 0.05) is 94.1 Å². The minimum atomic E-state index is -1.33. The van der Waals surface area contributed by atoms with Gasteiger partial charge in [-0.3, -0.25) is 4.79 Å². The van der Waals surface area contributed by atoms with Crippen LogP contribution in [0.15, 0.2) is 113 Å². The molecule has 14 aliphatic rings. The van der Waals surface area contributed by atoms with Crippen molar-refractivity contribution in [2.45, 2.75) is 174 Å². The first-order valence-electron chi connectivity index (χ1n) is 34.5. The van der Waals surface area contributed by atoms with E-state index in [1.165, 1.54) is 23.8 Å². The quantitative estimate of drug-likeness (QED) is 0.0411. The van der Waals surface area contributed by atoms with Crippen molar-refractivity contribution >= 4 is 27.4 Å². The van der Waals surface area contributed by atoms with Gasteiger partial charge >= 0.3 is 0 Å². The fourth-order valence-corrected chi connectivity index (χ4v) is 27.5. The molecule has 21 unspecified atom stereocenters. The lowest BCUT2D eigenvalue weighted by Gasteiger charge is -2.78. The number of aliphatic hydroxyl groups excluding tert-OH is 4. The molecule has 5 spiro atoms. The first-order valence-corrected chi connectivity index (χ1v) is 37.0. The Morgan fingerprint density at radius 1 is 0.835 bits per heavy atom. The molecule has 0 radical (unpaired) electrons. The van der Waals surface area contributed by atoms with E-state index >= 15 is 9.90 Å². The number of carbonyl (C=O) groups excluding carboxylic acids is 1. The molecular weight excluding hydrogens is 1170 g/mol. The summed E-state index contributed by atoms with van der Waals surface area (Å²) in [5, 5.41) is 94.7. The van der Waals surface area contributed by atoms with E-state index < -0.39 is 88.1 Å². The van der Waals surface area contributed by atoms with Crippen LogP contribution >= 0.6 is 21.6 Å². The van der Waals surface area contributed by atoms with Crippen LogP contribution in [0.3, 0.4) is 0 Å². The number of phenols is 3. The molecule has 15 bridgehead atoms. The molecule has 4 aromatic carbocycles. The summed E-state index contributed by atoms with van der Waals surface area (Å²) in [5.41, 5.74) is 10.8. The molecule has 21 atom stereocenters. The second kappa shape index (κ2) is 19.9. The normalized spacial score (nSPS) is 42.1. The number of nitrogens with one attached hydrogen (secondary N) is 1. The van der Waals surface area contributed by atoms with Crippen LogP contribution in [0.2, 0.25) is 0 Å². The van der Waals surface area contributed by atoms with Gasteiger partial charge in [-0.05, 0) is 179 Å². The van der Waals surface area contributed by atoms with Gasteiger partial charge in [-0.25, -0.2) is 0 Å². The largest absolute Gasteiger partial charge is 0.504 e. The number of methoxy groups -OCH3 is 1. The van der Waals surface area contributed by atoms with Gasteiger partial charge in [-0.2, -0.15) is 0 Å². The lowest BCUT2D eigenvalue weighted by molar-refractivity contribution is -0.188. The number of allylic oxidation sites excluding steroid dienone is 5. The number of fused-ring (bicyclic) bond motifs is 13. The zero-order valence-corrected chi connectivity index (χ0v) is 53.3. The molecule has 18 rings (SSSR count). The SMILES string of the molecule is COc1cc(C2CC(=O)C3C4C=CC56C#CCC7NC8CC9C%10=C%11C=C(C(O)CC%11C%11=CC%12CCCC%12%13CC%119C9CC%13c%11cc(O)c(O)cc%11C89C(C3O)C7C#CC2Cc2ccccc2)C2(CCCCC2)c2cc(c5c4c2)CC(CSSC%10)C6O)c(CO)cc1O. The Balaban J connectivity index is 0.988. The van der Waals surface area contributed by atoms with Gasteiger partial charge in [0.1, 0.15) is 11.2 Å². The van der Waals surface area contributed by atoms with Crippen molar-refractivity contribution in [2.24, 2.45) is 64.1 Å². The van der Waals surface area contributed by atoms with E-state index in [1.54, 1.807) is 12.1 Å². The standard InChI is InChI=1S/C79H81NO9S2/c1-89-67-32-50(43(36-81)25-65(67)85)49-29-66(86)70-47-16-21-76-19-9-13-61-48(15-14-41(49)22-40-10-4-2-5-11-40)72(73(70)87)79-59-33-64(84)63(83)31-54(59)56-34-68(79)78-39-77(56)20-8-12-45(77)27-57(78)52-30-62(82)60-28-51(52)55(58(78)35-69(79)80-61)38-91-90-37-44(74(76)88)23-42-24-46(26-53(47)71(42)76)75(60)17-6-3-7-18-75/h2,4-5,10-11,16,21,24-28,31-33,41,44-45,47-49,52,56,58,61-62,68-70,72-74,80-85,87-88H,3,6-8,12-13,17-18,20,22-23,29-30,34-39H2,1H3. The minimum absolute atomic E-state index is 0.0276. The number of carbonyl (C=O) groups is 1. The summed E-state index contributed by atoms with van der Waals surface area (Å²) in [6.45, 7) is -0.404. The zero-order chi connectivity index (χ0) is 61.4. The van der Waals surface area contributed by atoms with Crippen molar-refractivity contribution in [1.29, 1.82) is 0 Å². The van der Waals surface area contributed by atoms with Crippen LogP contribution in [-0.4, -0.2) is 90.5 Å². The second-order valence-corrected chi connectivity index (χ2v) is 33.5. The number of phenolic OH excluding ortho intramolecular Hbond substituents is 3. The highest BCUT2D eigenvalue weighted by Gasteiger charge is 2.79. The van der Waals surface area contributed by atoms with Crippen LogP contribution in [0, 0.1) is 87.8 Å². The number of ether oxygens (including phenoxy) is 1. The summed E-state index contributed by atoms with van der Waals surface area (Å²) in [6, 6.07) is 21.6. The number of aromatic hydroxyl groups is 3. The highest BCUT2D eigenvalue weighted by Crippen LogP contribution is 2.83. The Labute approximate surface area is 541 Å². The van der Waals surface area contributed by atoms with Gasteiger partial charge in [-0.15, -0.1) is 5.92 Å². The van der Waals surface area contributed by atoms with E-state index in [-0.39, 0.29) is 76.2 Å². The molecule has 12 heteroatoms. The maximum absolute atomic E-state index is 17.7. The smallest absolute Gasteiger partial charge is 0.160 e. The topological polar surface area (TPSA) is 180 Å². The highest BCUT2D eigenvalue weighted by atomic mass is 33.1. The zero-order valence-electron chi connectivity index (χ0n) is 51.7. The average Bonchev–Trinajstić information content (AvgIpc) is 1.45. The highest BCUT2D eigenvalue weighted by molar-refractivity contribution is 8.76. The third-order valence-electron chi connectivity index (χ3n) is 28.1. The summed E-state index contributed by atoms with van der Waals surface area (Å²) < 4.78 is 5.87. The fraction of sp³-hybridized carbons (Fsp3) is 0.532. The minimum Gasteiger partial charge on any atom is -0.504 e. The maximum atomic E-state index is 17.7. The summed E-state index contributed by atoms with van der Waals surface area (Å²) in [7, 11) is 5.37. The number of rotatable bonds is 5. The summed E-state index contributed by atoms with van der Waals surface area (Å²) in [6.07, 6.45) is 19.5. The summed E-state index contributed by atoms with van der Waals surface area (Å²) >= 11 is 0. The molecular formula is C79H81NO9S2. The van der Waals surface area contributed by atoms with Crippen LogP contribution in [0.25, 0.3) is 0 Å². The monoisotopic (exact) mass is 1250 g/mol. The van der Waals surface area contributed by atoms with Crippen molar-refractivity contribution < 1.29 is 45.3 Å². The number of Topliss-reactive ketones (excluding diaryl/α,β-unsaturated/α-hetero) is 1. The van der Waals surface area contributed by atoms with Crippen molar-refractivity contribution in [3.8, 4) is 46.7 Å². The van der Waals surface area contributed by atoms with E-state index in [0.29, 0.717) is 42.7 Å². The van der Waals surface area contributed by atoms with E-state index in [1.807, 2.05) is 51.9 Å². The summed E-state index contributed by atoms with van der Waals surface area (Å²) in [5.74, 6) is 13.1. The molecule has 468 valence electrons. The molecule has 0 aromatic heterocycles. The molecule has 91 heavy (non-hydrogen) atoms. The predicted molar refractivity (Wildman–Crippen MR) is 351 cm³/mol. The van der Waals surface area contributed by atoms with Gasteiger partial charge in [0.25, 0.3) is 0 Å². The number of piperidine rings is 1. The number of hydrogen-bond donors (Lipinski definition) is 8. The Morgan fingerprint density at radius 3 is 2.52 bits per heavy atom. The van der Waals surface area contributed by atoms with Crippen molar-refractivity contribution in [3.05, 3.63) is 163 Å². The first kappa shape index (κ1) is 56.8. The Kier molecular flexibility index (Phi) is 12.5. The molecule has 0 amide bonds. The number of benzene rings is 4. The third-order valence-corrected chi connectivity index (χ3v) is 30.5. The summed E-state index contributed by atoms with van der Waals surface area (Å²) in [4.78, 5) is 17.7. The molecule has 4 aromatic rings. The number of ketones is 1. The molecule has 4 saturated carbocycles. The Bertz CT molecular complexity index is 4120. The van der Waals surface area contributed by atoms with Crippen molar-refractivity contribution in [3.63, 3.8) is 0 Å². The van der Waals surface area contributed by atoms with E-state index in [9.17, 15) is 30.6 Å². The molecule has 12 aliphatic carbocycles. The van der Waals surface area contributed by atoms with Gasteiger partial charge in [0.15, 0.2) is 23.0 Å². The van der Waals surface area contributed by atoms with Crippen LogP contribution in [0.5, 0.6) is 23.0 Å². The third kappa shape index (κ3) is 7.27. The molecule has 2 aliphatic heterocycles. The van der Waals surface area contributed by atoms with Crippen LogP contribution in [-0.2, 0) is 40.5 Å². The van der Waals surface area contributed by atoms with Gasteiger partial charge < -0.3 is 45.8 Å². The maximum Gasteiger partial charge on any atom is 0.160 e. The molecule has 1 saturated heterocycles. The van der Waals surface area contributed by atoms with Gasteiger partial charge in [0.2, 0.25) is 0 Å². The lowest BCUT2D eigenvalue weighted by atomic mass is 9.27. The fourth-order valence-electron chi connectivity index (χ4n) is 24.9. The van der Waals surface area contributed by atoms with E-state index in [2.05, 4.69) is 77.6 Å². The van der Waals surface area contributed by atoms with Crippen molar-refractivity contribution in [2.75, 3.05) is 18.6 Å². The van der Waals surface area contributed by atoms with Gasteiger partial charge in [0.05, 0.1) is 37.9 Å². The second-order valence-electron chi connectivity index (χ2n) is 31.0. The molecule has 5 fully saturated rings. The number of aliphatic hydroxyl groups is 4. The van der Waals surface area contributed by atoms with Gasteiger partial charge in [-0.1, -0.05) is 143 Å². The molecule has 10 nitrogen and oxygen atoms in total. The van der Waals surface area contributed by atoms with Crippen LogP contribution in [0.4, 0.5) is 0 Å². The van der Waals surface area contributed by atoms with E-state index in [4.69, 9.17) is 4.74 Å². The van der Waals surface area contributed by atoms with Crippen molar-refractivity contribution in [1.82, 2.24) is 5.32 Å². The average molecular weight is 1250 g/mol. The Hall–Kier alpha value is -5.67. The molecule has 2 heterocycles. The van der Waals surface area contributed by atoms with Crippen LogP contribution in [0.1, 0.15) is 158 Å².